The summed E-state index contributed by atoms with van der Waals surface area (Å²) in [6.45, 7) is 4.29. The molecule has 4 aliphatic rings. The number of nitrogens with one attached hydrogen (secondary N) is 1. The highest BCUT2D eigenvalue weighted by Crippen LogP contribution is 2.61. The van der Waals surface area contributed by atoms with Gasteiger partial charge in [-0.25, -0.2) is 0 Å². The molecule has 110 valence electrons. The molecule has 0 spiro atoms. The third-order valence-electron chi connectivity index (χ3n) is 6.29. The van der Waals surface area contributed by atoms with Crippen LogP contribution in [-0.4, -0.2) is 23.4 Å². The molecular weight excluding hydrogens is 246 g/mol. The summed E-state index contributed by atoms with van der Waals surface area (Å²) >= 11 is 0. The van der Waals surface area contributed by atoms with Crippen molar-refractivity contribution in [3.63, 3.8) is 0 Å². The fourth-order valence-corrected chi connectivity index (χ4v) is 5.85. The average Bonchev–Trinajstić information content (AvgIpc) is 2.77. The van der Waals surface area contributed by atoms with Gasteiger partial charge in [-0.1, -0.05) is 0 Å². The molecule has 1 aromatic rings. The maximum Gasteiger partial charge on any atom is 0.0537 e. The van der Waals surface area contributed by atoms with Crippen LogP contribution in [0.5, 0.6) is 0 Å². The predicted octanol–water partition coefficient (Wildman–Crippen LogP) is 2.88. The maximum absolute atomic E-state index is 4.69. The molecule has 0 radical (unpaired) electrons. The van der Waals surface area contributed by atoms with E-state index in [-0.39, 0.29) is 0 Å². The van der Waals surface area contributed by atoms with Crippen LogP contribution in [0.4, 0.5) is 0 Å². The molecule has 1 N–H and O–H groups in total. The van der Waals surface area contributed by atoms with E-state index in [9.17, 15) is 0 Å². The molecule has 1 aromatic heterocycles. The van der Waals surface area contributed by atoms with Crippen LogP contribution in [-0.2, 0) is 12.0 Å². The van der Waals surface area contributed by atoms with E-state index in [1.165, 1.54) is 44.2 Å². The van der Waals surface area contributed by atoms with Crippen molar-refractivity contribution < 1.29 is 0 Å². The first-order valence-corrected chi connectivity index (χ1v) is 8.38. The fourth-order valence-electron chi connectivity index (χ4n) is 5.85. The Balaban J connectivity index is 1.65. The zero-order chi connectivity index (χ0) is 13.7. The Morgan fingerprint density at radius 1 is 1.20 bits per heavy atom. The highest BCUT2D eigenvalue weighted by molar-refractivity contribution is 5.31. The van der Waals surface area contributed by atoms with Crippen LogP contribution in [0.25, 0.3) is 0 Å². The van der Waals surface area contributed by atoms with Crippen LogP contribution in [0.15, 0.2) is 6.20 Å². The standard InChI is InChI=1S/C17H27N3/c1-12-16(11-19-20(12)4-3-18-2)17-8-13-5-14(9-17)7-15(6-13)10-17/h11,13-15,18H,3-10H2,1-2H3. The Bertz CT molecular complexity index is 467. The summed E-state index contributed by atoms with van der Waals surface area (Å²) in [7, 11) is 2.01. The zero-order valence-corrected chi connectivity index (χ0v) is 12.9. The molecule has 1 heterocycles. The average molecular weight is 273 g/mol. The van der Waals surface area contributed by atoms with Gasteiger partial charge >= 0.3 is 0 Å². The Morgan fingerprint density at radius 2 is 1.80 bits per heavy atom. The number of aromatic nitrogens is 2. The van der Waals surface area contributed by atoms with E-state index in [1.807, 2.05) is 7.05 Å². The zero-order valence-electron chi connectivity index (χ0n) is 12.9. The molecule has 0 unspecified atom stereocenters. The lowest BCUT2D eigenvalue weighted by molar-refractivity contribution is -0.00552. The first-order chi connectivity index (χ1) is 9.70. The minimum absolute atomic E-state index is 0.497. The number of nitrogens with zero attached hydrogens (tertiary/aromatic N) is 2. The van der Waals surface area contributed by atoms with Crippen molar-refractivity contribution in [1.29, 1.82) is 0 Å². The number of rotatable bonds is 4. The third kappa shape index (κ3) is 1.86. The quantitative estimate of drug-likeness (QED) is 0.914. The lowest BCUT2D eigenvalue weighted by Crippen LogP contribution is -2.48. The molecule has 4 saturated carbocycles. The number of hydrogen-bond acceptors (Lipinski definition) is 2. The van der Waals surface area contributed by atoms with Gasteiger partial charge in [0.25, 0.3) is 0 Å². The molecule has 3 nitrogen and oxygen atoms in total. The molecule has 4 aliphatic carbocycles. The molecule has 0 atom stereocenters. The van der Waals surface area contributed by atoms with Gasteiger partial charge in [-0.15, -0.1) is 0 Å². The molecule has 4 fully saturated rings. The van der Waals surface area contributed by atoms with Crippen molar-refractivity contribution in [2.24, 2.45) is 17.8 Å². The second kappa shape index (κ2) is 4.59. The van der Waals surface area contributed by atoms with Crippen LogP contribution in [0.2, 0.25) is 0 Å². The predicted molar refractivity (Wildman–Crippen MR) is 80.7 cm³/mol. The Labute approximate surface area is 122 Å². The van der Waals surface area contributed by atoms with Gasteiger partial charge in [-0.3, -0.25) is 4.68 Å². The van der Waals surface area contributed by atoms with E-state index < -0.39 is 0 Å². The Kier molecular flexibility index (Phi) is 2.95. The van der Waals surface area contributed by atoms with E-state index in [0.717, 1.165) is 30.8 Å². The topological polar surface area (TPSA) is 29.9 Å². The SMILES string of the molecule is CNCCn1ncc(C23CC4CC(CC(C4)C2)C3)c1C. The first kappa shape index (κ1) is 12.9. The van der Waals surface area contributed by atoms with Crippen molar-refractivity contribution in [1.82, 2.24) is 15.1 Å². The summed E-state index contributed by atoms with van der Waals surface area (Å²) in [5, 5.41) is 7.91. The van der Waals surface area contributed by atoms with Gasteiger partial charge in [0.1, 0.15) is 0 Å². The number of likely N-dealkylation sites (N-methyl/N-ethyl adjacent to an activating group) is 1. The molecule has 5 rings (SSSR count). The van der Waals surface area contributed by atoms with Gasteiger partial charge in [0.05, 0.1) is 12.7 Å². The van der Waals surface area contributed by atoms with Gasteiger partial charge in [0.15, 0.2) is 0 Å². The largest absolute Gasteiger partial charge is 0.318 e. The van der Waals surface area contributed by atoms with E-state index in [4.69, 9.17) is 0 Å². The second-order valence-corrected chi connectivity index (χ2v) is 7.67. The summed E-state index contributed by atoms with van der Waals surface area (Å²) in [5.74, 6) is 3.05. The van der Waals surface area contributed by atoms with Gasteiger partial charge in [-0.2, -0.15) is 5.10 Å². The normalized spacial score (nSPS) is 38.6. The summed E-state index contributed by atoms with van der Waals surface area (Å²) in [4.78, 5) is 0. The van der Waals surface area contributed by atoms with Crippen LogP contribution < -0.4 is 5.32 Å². The minimum atomic E-state index is 0.497. The Hall–Kier alpha value is -0.830. The van der Waals surface area contributed by atoms with Crippen LogP contribution in [0.3, 0.4) is 0 Å². The molecule has 4 bridgehead atoms. The molecule has 3 heteroatoms. The van der Waals surface area contributed by atoms with Crippen LogP contribution >= 0.6 is 0 Å². The molecule has 0 saturated heterocycles. The molecule has 0 aliphatic heterocycles. The molecule has 0 amide bonds. The monoisotopic (exact) mass is 273 g/mol. The van der Waals surface area contributed by atoms with Crippen molar-refractivity contribution >= 4 is 0 Å². The van der Waals surface area contributed by atoms with Crippen molar-refractivity contribution in [2.75, 3.05) is 13.6 Å². The second-order valence-electron chi connectivity index (χ2n) is 7.67. The smallest absolute Gasteiger partial charge is 0.0537 e. The van der Waals surface area contributed by atoms with E-state index >= 15 is 0 Å². The van der Waals surface area contributed by atoms with E-state index in [0.29, 0.717) is 5.41 Å². The highest BCUT2D eigenvalue weighted by atomic mass is 15.3. The molecule has 0 aromatic carbocycles. The summed E-state index contributed by atoms with van der Waals surface area (Å²) in [6.07, 6.45) is 11.1. The van der Waals surface area contributed by atoms with E-state index in [2.05, 4.69) is 28.2 Å². The van der Waals surface area contributed by atoms with Crippen molar-refractivity contribution in [2.45, 2.75) is 57.4 Å². The lowest BCUT2D eigenvalue weighted by Gasteiger charge is -2.57. The Morgan fingerprint density at radius 3 is 2.35 bits per heavy atom. The minimum Gasteiger partial charge on any atom is -0.318 e. The van der Waals surface area contributed by atoms with Crippen molar-refractivity contribution in [3.8, 4) is 0 Å². The molecular formula is C17H27N3. The summed E-state index contributed by atoms with van der Waals surface area (Å²) in [5.41, 5.74) is 3.52. The summed E-state index contributed by atoms with van der Waals surface area (Å²) in [6, 6.07) is 0. The summed E-state index contributed by atoms with van der Waals surface area (Å²) < 4.78 is 2.21. The fraction of sp³-hybridized carbons (Fsp3) is 0.824. The maximum atomic E-state index is 4.69. The van der Waals surface area contributed by atoms with Crippen LogP contribution in [0, 0.1) is 24.7 Å². The van der Waals surface area contributed by atoms with Gasteiger partial charge in [0.2, 0.25) is 0 Å². The third-order valence-corrected chi connectivity index (χ3v) is 6.29. The first-order valence-electron chi connectivity index (χ1n) is 8.38. The van der Waals surface area contributed by atoms with Crippen molar-refractivity contribution in [3.05, 3.63) is 17.5 Å². The highest BCUT2D eigenvalue weighted by Gasteiger charge is 2.52. The van der Waals surface area contributed by atoms with E-state index in [1.54, 1.807) is 5.56 Å². The van der Waals surface area contributed by atoms with Gasteiger partial charge in [0, 0.05) is 12.2 Å². The molecule has 20 heavy (non-hydrogen) atoms. The lowest BCUT2D eigenvalue weighted by atomic mass is 9.48. The van der Waals surface area contributed by atoms with Crippen LogP contribution in [0.1, 0.15) is 49.8 Å². The van der Waals surface area contributed by atoms with Gasteiger partial charge < -0.3 is 5.32 Å². The van der Waals surface area contributed by atoms with Gasteiger partial charge in [-0.05, 0) is 81.2 Å². The number of hydrogen-bond donors (Lipinski definition) is 1.